The van der Waals surface area contributed by atoms with E-state index in [1.54, 1.807) is 12.1 Å². The maximum atomic E-state index is 12.9. The van der Waals surface area contributed by atoms with Crippen LogP contribution in [-0.2, 0) is 4.79 Å². The summed E-state index contributed by atoms with van der Waals surface area (Å²) in [5, 5.41) is 3.19. The lowest BCUT2D eigenvalue weighted by atomic mass is 10.1. The van der Waals surface area contributed by atoms with Gasteiger partial charge in [0.25, 0.3) is 0 Å². The lowest BCUT2D eigenvalue weighted by molar-refractivity contribution is -0.128. The molecule has 1 amide bonds. The molecule has 90 valence electrons. The number of halogens is 1. The Kier molecular flexibility index (Phi) is 2.40. The molecule has 0 aromatic heterocycles. The molecule has 2 fully saturated rings. The fourth-order valence-corrected chi connectivity index (χ4v) is 2.51. The molecule has 1 N–H and O–H groups in total. The first-order chi connectivity index (χ1) is 8.16. The third-order valence-electron chi connectivity index (χ3n) is 3.62. The van der Waals surface area contributed by atoms with Crippen molar-refractivity contribution >= 4 is 5.91 Å². The molecule has 1 saturated heterocycles. The predicted molar refractivity (Wildman–Crippen MR) is 61.6 cm³/mol. The molecule has 3 atom stereocenters. The molecule has 1 aliphatic heterocycles. The van der Waals surface area contributed by atoms with Gasteiger partial charge in [-0.1, -0.05) is 19.1 Å². The highest BCUT2D eigenvalue weighted by atomic mass is 19.1. The monoisotopic (exact) mass is 234 g/mol. The van der Waals surface area contributed by atoms with E-state index in [2.05, 4.69) is 12.2 Å². The van der Waals surface area contributed by atoms with Crippen LogP contribution in [0.5, 0.6) is 0 Å². The molecular formula is C13H15FN2O. The van der Waals surface area contributed by atoms with Crippen LogP contribution in [-0.4, -0.2) is 23.4 Å². The minimum atomic E-state index is -0.246. The van der Waals surface area contributed by atoms with E-state index in [0.717, 1.165) is 12.0 Å². The second-order valence-electron chi connectivity index (χ2n) is 4.92. The van der Waals surface area contributed by atoms with Crippen LogP contribution in [0.25, 0.3) is 0 Å². The Morgan fingerprint density at radius 1 is 1.35 bits per heavy atom. The first-order valence-corrected chi connectivity index (χ1v) is 5.97. The second kappa shape index (κ2) is 3.81. The number of hydrogen-bond acceptors (Lipinski definition) is 2. The molecule has 3 nitrogen and oxygen atoms in total. The summed E-state index contributed by atoms with van der Waals surface area (Å²) in [4.78, 5) is 13.8. The van der Waals surface area contributed by atoms with Crippen molar-refractivity contribution in [2.75, 3.05) is 6.54 Å². The van der Waals surface area contributed by atoms with E-state index in [1.807, 2.05) is 4.90 Å². The fourth-order valence-electron chi connectivity index (χ4n) is 2.51. The number of carbonyl (C=O) groups is 1. The molecule has 1 saturated carbocycles. The van der Waals surface area contributed by atoms with E-state index < -0.39 is 0 Å². The molecule has 0 radical (unpaired) electrons. The van der Waals surface area contributed by atoms with Gasteiger partial charge in [0.05, 0.1) is 6.54 Å². The van der Waals surface area contributed by atoms with E-state index in [1.165, 1.54) is 12.1 Å². The van der Waals surface area contributed by atoms with Gasteiger partial charge in [-0.05, 0) is 30.0 Å². The zero-order chi connectivity index (χ0) is 12.0. The van der Waals surface area contributed by atoms with Crippen molar-refractivity contribution in [2.45, 2.75) is 25.6 Å². The van der Waals surface area contributed by atoms with Crippen LogP contribution in [0.1, 0.15) is 25.1 Å². The standard InChI is InChI=1S/C13H15FN2O/c1-8-6-11(8)16-12(17)7-15-13(16)9-2-4-10(14)5-3-9/h2-5,8,11,13,15H,6-7H2,1H3. The third-order valence-corrected chi connectivity index (χ3v) is 3.62. The zero-order valence-corrected chi connectivity index (χ0v) is 9.69. The summed E-state index contributed by atoms with van der Waals surface area (Å²) < 4.78 is 12.9. The van der Waals surface area contributed by atoms with Gasteiger partial charge in [-0.25, -0.2) is 4.39 Å². The first kappa shape index (κ1) is 10.7. The van der Waals surface area contributed by atoms with Crippen LogP contribution in [0, 0.1) is 11.7 Å². The Bertz CT molecular complexity index is 445. The van der Waals surface area contributed by atoms with Gasteiger partial charge in [-0.15, -0.1) is 0 Å². The molecule has 1 aromatic carbocycles. The zero-order valence-electron chi connectivity index (χ0n) is 9.69. The van der Waals surface area contributed by atoms with E-state index in [9.17, 15) is 9.18 Å². The average Bonchev–Trinajstić information content (AvgIpc) is 2.89. The van der Waals surface area contributed by atoms with Crippen molar-refractivity contribution in [3.05, 3.63) is 35.6 Å². The number of carbonyl (C=O) groups excluding carboxylic acids is 1. The number of amides is 1. The summed E-state index contributed by atoms with van der Waals surface area (Å²) in [5.74, 6) is 0.486. The van der Waals surface area contributed by atoms with Crippen LogP contribution < -0.4 is 5.32 Å². The van der Waals surface area contributed by atoms with Crippen molar-refractivity contribution in [2.24, 2.45) is 5.92 Å². The molecule has 0 spiro atoms. The fraction of sp³-hybridized carbons (Fsp3) is 0.462. The number of hydrogen-bond donors (Lipinski definition) is 1. The van der Waals surface area contributed by atoms with Gasteiger partial charge in [0, 0.05) is 6.04 Å². The predicted octanol–water partition coefficient (Wildman–Crippen LogP) is 1.66. The summed E-state index contributed by atoms with van der Waals surface area (Å²) in [7, 11) is 0. The number of nitrogens with zero attached hydrogens (tertiary/aromatic N) is 1. The third kappa shape index (κ3) is 1.82. The highest BCUT2D eigenvalue weighted by Crippen LogP contribution is 2.40. The van der Waals surface area contributed by atoms with Gasteiger partial charge in [-0.2, -0.15) is 0 Å². The molecule has 2 aliphatic rings. The van der Waals surface area contributed by atoms with Crippen LogP contribution in [0.15, 0.2) is 24.3 Å². The van der Waals surface area contributed by atoms with Crippen LogP contribution in [0.4, 0.5) is 4.39 Å². The maximum Gasteiger partial charge on any atom is 0.238 e. The van der Waals surface area contributed by atoms with Crippen molar-refractivity contribution in [3.63, 3.8) is 0 Å². The number of nitrogens with one attached hydrogen (secondary N) is 1. The van der Waals surface area contributed by atoms with E-state index in [4.69, 9.17) is 0 Å². The molecule has 1 heterocycles. The van der Waals surface area contributed by atoms with Crippen LogP contribution in [0.3, 0.4) is 0 Å². The van der Waals surface area contributed by atoms with Crippen LogP contribution >= 0.6 is 0 Å². The molecule has 1 aliphatic carbocycles. The average molecular weight is 234 g/mol. The van der Waals surface area contributed by atoms with Gasteiger partial charge in [-0.3, -0.25) is 10.1 Å². The van der Waals surface area contributed by atoms with Crippen molar-refractivity contribution in [1.29, 1.82) is 0 Å². The van der Waals surface area contributed by atoms with E-state index in [-0.39, 0.29) is 17.9 Å². The molecular weight excluding hydrogens is 219 g/mol. The highest BCUT2D eigenvalue weighted by molar-refractivity contribution is 5.81. The van der Waals surface area contributed by atoms with E-state index >= 15 is 0 Å². The smallest absolute Gasteiger partial charge is 0.238 e. The molecule has 1 aromatic rings. The van der Waals surface area contributed by atoms with Gasteiger partial charge in [0.2, 0.25) is 5.91 Å². The van der Waals surface area contributed by atoms with E-state index in [0.29, 0.717) is 18.5 Å². The SMILES string of the molecule is CC1CC1N1C(=O)CNC1c1ccc(F)cc1. The first-order valence-electron chi connectivity index (χ1n) is 5.97. The minimum absolute atomic E-state index is 0.0851. The Morgan fingerprint density at radius 2 is 2.00 bits per heavy atom. The van der Waals surface area contributed by atoms with Crippen LogP contribution in [0.2, 0.25) is 0 Å². The highest BCUT2D eigenvalue weighted by Gasteiger charge is 2.46. The Hall–Kier alpha value is -1.42. The number of benzene rings is 1. The molecule has 3 unspecified atom stereocenters. The lowest BCUT2D eigenvalue weighted by Gasteiger charge is -2.25. The van der Waals surface area contributed by atoms with Crippen molar-refractivity contribution < 1.29 is 9.18 Å². The summed E-state index contributed by atoms with van der Waals surface area (Å²) in [6, 6.07) is 6.72. The van der Waals surface area contributed by atoms with Crippen molar-refractivity contribution in [1.82, 2.24) is 10.2 Å². The molecule has 0 bridgehead atoms. The molecule has 17 heavy (non-hydrogen) atoms. The van der Waals surface area contributed by atoms with Gasteiger partial charge in [0.1, 0.15) is 12.0 Å². The maximum absolute atomic E-state index is 12.9. The number of rotatable bonds is 2. The topological polar surface area (TPSA) is 32.3 Å². The van der Waals surface area contributed by atoms with Gasteiger partial charge in [0.15, 0.2) is 0 Å². The second-order valence-corrected chi connectivity index (χ2v) is 4.92. The largest absolute Gasteiger partial charge is 0.319 e. The Morgan fingerprint density at radius 3 is 2.59 bits per heavy atom. The van der Waals surface area contributed by atoms with Crippen molar-refractivity contribution in [3.8, 4) is 0 Å². The summed E-state index contributed by atoms with van der Waals surface area (Å²) >= 11 is 0. The summed E-state index contributed by atoms with van der Waals surface area (Å²) in [5.41, 5.74) is 0.955. The Labute approximate surface area is 99.6 Å². The summed E-state index contributed by atoms with van der Waals surface area (Å²) in [6.07, 6.45) is 0.989. The summed E-state index contributed by atoms with van der Waals surface area (Å²) in [6.45, 7) is 2.53. The Balaban J connectivity index is 1.86. The lowest BCUT2D eigenvalue weighted by Crippen LogP contribution is -2.33. The normalized spacial score (nSPS) is 32.0. The molecule has 4 heteroatoms. The quantitative estimate of drug-likeness (QED) is 0.844. The minimum Gasteiger partial charge on any atom is -0.319 e. The van der Waals surface area contributed by atoms with Gasteiger partial charge < -0.3 is 4.90 Å². The van der Waals surface area contributed by atoms with Gasteiger partial charge >= 0.3 is 0 Å². The molecule has 3 rings (SSSR count).